The lowest BCUT2D eigenvalue weighted by molar-refractivity contribution is 0.102. The van der Waals surface area contributed by atoms with Crippen LogP contribution in [0.4, 0.5) is 5.69 Å². The molecule has 4 aromatic rings. The van der Waals surface area contributed by atoms with Gasteiger partial charge < -0.3 is 14.5 Å². The molecule has 6 nitrogen and oxygen atoms in total. The predicted octanol–water partition coefficient (Wildman–Crippen LogP) is 5.21. The van der Waals surface area contributed by atoms with Gasteiger partial charge in [-0.05, 0) is 61.7 Å². The van der Waals surface area contributed by atoms with E-state index in [2.05, 4.69) is 28.5 Å². The number of carbonyl (C=O) groups is 1. The monoisotopic (exact) mass is 398 g/mol. The fourth-order valence-electron chi connectivity index (χ4n) is 3.71. The van der Waals surface area contributed by atoms with E-state index in [1.165, 1.54) is 12.1 Å². The van der Waals surface area contributed by atoms with E-state index in [-0.39, 0.29) is 5.91 Å². The van der Waals surface area contributed by atoms with Gasteiger partial charge in [0.2, 0.25) is 5.88 Å². The topological polar surface area (TPSA) is 68.5 Å². The van der Waals surface area contributed by atoms with Gasteiger partial charge in [-0.15, -0.1) is 0 Å². The number of hydrogen-bond donors (Lipinski definition) is 1. The molecule has 150 valence electrons. The number of aryl methyl sites for hydroxylation is 1. The number of carbonyl (C=O) groups excluding carboxylic acids is 1. The molecule has 2 unspecified atom stereocenters. The zero-order chi connectivity index (χ0) is 20.7. The van der Waals surface area contributed by atoms with Crippen LogP contribution in [0.25, 0.3) is 5.65 Å². The lowest BCUT2D eigenvalue weighted by atomic mass is 10.2. The summed E-state index contributed by atoms with van der Waals surface area (Å²) in [6.45, 7) is 4.35. The van der Waals surface area contributed by atoms with Crippen molar-refractivity contribution in [3.05, 3.63) is 83.9 Å². The van der Waals surface area contributed by atoms with E-state index >= 15 is 0 Å². The quantitative estimate of drug-likeness (QED) is 0.501. The molecule has 1 aliphatic carbocycles. The molecule has 2 atom stereocenters. The van der Waals surface area contributed by atoms with Crippen molar-refractivity contribution in [2.45, 2.75) is 26.2 Å². The van der Waals surface area contributed by atoms with E-state index in [0.717, 1.165) is 17.0 Å². The standard InChI is InChI=1S/C24H22N4O2/c1-15-13-20(15)23-16(2)28-14-18(8-11-21(28)27-23)26-24(29)17-6-9-19(10-7-17)30-22-5-3-4-12-25-22/h3-12,14-15,20H,13H2,1-2H3,(H,26,29). The third-order valence-electron chi connectivity index (χ3n) is 5.59. The Labute approximate surface area is 174 Å². The lowest BCUT2D eigenvalue weighted by Gasteiger charge is -2.08. The summed E-state index contributed by atoms with van der Waals surface area (Å²) in [5, 5.41) is 2.97. The summed E-state index contributed by atoms with van der Waals surface area (Å²) in [5.74, 6) is 2.24. The number of rotatable bonds is 5. The first-order chi connectivity index (χ1) is 14.6. The molecule has 0 spiro atoms. The van der Waals surface area contributed by atoms with Gasteiger partial charge in [0.25, 0.3) is 5.91 Å². The molecule has 0 saturated heterocycles. The second-order valence-electron chi connectivity index (χ2n) is 7.80. The van der Waals surface area contributed by atoms with Crippen LogP contribution >= 0.6 is 0 Å². The van der Waals surface area contributed by atoms with Crippen molar-refractivity contribution in [3.63, 3.8) is 0 Å². The lowest BCUT2D eigenvalue weighted by Crippen LogP contribution is -2.12. The summed E-state index contributed by atoms with van der Waals surface area (Å²) in [4.78, 5) is 21.6. The minimum atomic E-state index is -0.174. The van der Waals surface area contributed by atoms with Crippen molar-refractivity contribution in [2.24, 2.45) is 5.92 Å². The average molecular weight is 398 g/mol. The molecule has 0 bridgehead atoms. The van der Waals surface area contributed by atoms with E-state index in [1.807, 2.05) is 30.5 Å². The Kier molecular flexibility index (Phi) is 4.47. The predicted molar refractivity (Wildman–Crippen MR) is 115 cm³/mol. The molecule has 6 heteroatoms. The van der Waals surface area contributed by atoms with Crippen molar-refractivity contribution in [1.82, 2.24) is 14.4 Å². The molecule has 1 aromatic carbocycles. The van der Waals surface area contributed by atoms with Crippen LogP contribution in [-0.4, -0.2) is 20.3 Å². The Hall–Kier alpha value is -3.67. The number of aromatic nitrogens is 3. The molecule has 1 aliphatic rings. The van der Waals surface area contributed by atoms with Gasteiger partial charge in [-0.2, -0.15) is 0 Å². The summed E-state index contributed by atoms with van der Waals surface area (Å²) in [7, 11) is 0. The maximum Gasteiger partial charge on any atom is 0.255 e. The van der Waals surface area contributed by atoms with Crippen LogP contribution in [0, 0.1) is 12.8 Å². The van der Waals surface area contributed by atoms with E-state index in [0.29, 0.717) is 29.0 Å². The number of fused-ring (bicyclic) bond motifs is 1. The Balaban J connectivity index is 1.31. The molecule has 1 saturated carbocycles. The molecule has 5 rings (SSSR count). The molecular weight excluding hydrogens is 376 g/mol. The smallest absolute Gasteiger partial charge is 0.255 e. The molecule has 3 aromatic heterocycles. The van der Waals surface area contributed by atoms with Crippen LogP contribution < -0.4 is 10.1 Å². The van der Waals surface area contributed by atoms with E-state index in [1.54, 1.807) is 36.5 Å². The maximum atomic E-state index is 12.7. The first-order valence-corrected chi connectivity index (χ1v) is 10.1. The van der Waals surface area contributed by atoms with Gasteiger partial charge >= 0.3 is 0 Å². The number of amides is 1. The molecule has 0 radical (unpaired) electrons. The molecule has 0 aliphatic heterocycles. The van der Waals surface area contributed by atoms with Gasteiger partial charge in [-0.1, -0.05) is 13.0 Å². The number of nitrogens with one attached hydrogen (secondary N) is 1. The van der Waals surface area contributed by atoms with Gasteiger partial charge in [0, 0.05) is 35.6 Å². The SMILES string of the molecule is Cc1c(C2CC2C)nc2ccc(NC(=O)c3ccc(Oc4ccccn4)cc3)cn12. The summed E-state index contributed by atoms with van der Waals surface area (Å²) >= 11 is 0. The normalized spacial score (nSPS) is 17.7. The van der Waals surface area contributed by atoms with Crippen LogP contribution in [0.3, 0.4) is 0 Å². The van der Waals surface area contributed by atoms with Gasteiger partial charge in [-0.25, -0.2) is 9.97 Å². The fraction of sp³-hybridized carbons (Fsp3) is 0.208. The Morgan fingerprint density at radius 1 is 1.13 bits per heavy atom. The highest BCUT2D eigenvalue weighted by atomic mass is 16.5. The Bertz CT molecular complexity index is 1220. The first kappa shape index (κ1) is 18.4. The first-order valence-electron chi connectivity index (χ1n) is 10.1. The van der Waals surface area contributed by atoms with Crippen molar-refractivity contribution < 1.29 is 9.53 Å². The summed E-state index contributed by atoms with van der Waals surface area (Å²) in [6.07, 6.45) is 4.81. The molecule has 1 amide bonds. The van der Waals surface area contributed by atoms with Gasteiger partial charge in [0.05, 0.1) is 11.4 Å². The highest BCUT2D eigenvalue weighted by molar-refractivity contribution is 6.04. The van der Waals surface area contributed by atoms with Crippen LogP contribution in [0.5, 0.6) is 11.6 Å². The molecule has 1 fully saturated rings. The third kappa shape index (κ3) is 3.52. The Morgan fingerprint density at radius 2 is 1.93 bits per heavy atom. The van der Waals surface area contributed by atoms with Gasteiger partial charge in [0.15, 0.2) is 0 Å². The van der Waals surface area contributed by atoms with Crippen LogP contribution in [0.15, 0.2) is 67.0 Å². The Morgan fingerprint density at radius 3 is 2.63 bits per heavy atom. The number of pyridine rings is 2. The number of ether oxygens (including phenoxy) is 1. The van der Waals surface area contributed by atoms with Crippen molar-refractivity contribution in [3.8, 4) is 11.6 Å². The summed E-state index contributed by atoms with van der Waals surface area (Å²) in [6, 6.07) is 16.3. The number of anilines is 1. The second-order valence-corrected chi connectivity index (χ2v) is 7.80. The van der Waals surface area contributed by atoms with Gasteiger partial charge in [0.1, 0.15) is 11.4 Å². The maximum absolute atomic E-state index is 12.7. The average Bonchev–Trinajstić information content (AvgIpc) is 3.40. The van der Waals surface area contributed by atoms with Crippen LogP contribution in [-0.2, 0) is 0 Å². The largest absolute Gasteiger partial charge is 0.439 e. The zero-order valence-electron chi connectivity index (χ0n) is 16.9. The van der Waals surface area contributed by atoms with Gasteiger partial charge in [-0.3, -0.25) is 4.79 Å². The van der Waals surface area contributed by atoms with E-state index < -0.39 is 0 Å². The fourth-order valence-corrected chi connectivity index (χ4v) is 3.71. The molecule has 30 heavy (non-hydrogen) atoms. The minimum Gasteiger partial charge on any atom is -0.439 e. The van der Waals surface area contributed by atoms with E-state index in [4.69, 9.17) is 9.72 Å². The highest BCUT2D eigenvalue weighted by Gasteiger charge is 2.37. The molecule has 1 N–H and O–H groups in total. The van der Waals surface area contributed by atoms with Crippen molar-refractivity contribution >= 4 is 17.2 Å². The summed E-state index contributed by atoms with van der Waals surface area (Å²) < 4.78 is 7.73. The van der Waals surface area contributed by atoms with E-state index in [9.17, 15) is 4.79 Å². The van der Waals surface area contributed by atoms with Crippen LogP contribution in [0.2, 0.25) is 0 Å². The van der Waals surface area contributed by atoms with Crippen LogP contribution in [0.1, 0.15) is 41.0 Å². The molecular formula is C24H22N4O2. The van der Waals surface area contributed by atoms with Crippen molar-refractivity contribution in [1.29, 1.82) is 0 Å². The number of hydrogen-bond acceptors (Lipinski definition) is 4. The highest BCUT2D eigenvalue weighted by Crippen LogP contribution is 2.47. The number of benzene rings is 1. The number of imidazole rings is 1. The minimum absolute atomic E-state index is 0.174. The summed E-state index contributed by atoms with van der Waals surface area (Å²) in [5.41, 5.74) is 4.52. The number of nitrogens with zero attached hydrogens (tertiary/aromatic N) is 3. The third-order valence-corrected chi connectivity index (χ3v) is 5.59. The second kappa shape index (κ2) is 7.30. The zero-order valence-corrected chi connectivity index (χ0v) is 16.9. The molecule has 3 heterocycles. The van der Waals surface area contributed by atoms with Crippen molar-refractivity contribution in [2.75, 3.05) is 5.32 Å².